The van der Waals surface area contributed by atoms with Crippen molar-refractivity contribution in [1.29, 1.82) is 0 Å². The van der Waals surface area contributed by atoms with Gasteiger partial charge in [0, 0.05) is 19.1 Å². The minimum absolute atomic E-state index is 0.328. The number of rotatable bonds is 2. The predicted molar refractivity (Wildman–Crippen MR) is 49.1 cm³/mol. The third kappa shape index (κ3) is 1.64. The molecular weight excluding hydrogens is 150 g/mol. The van der Waals surface area contributed by atoms with Crippen molar-refractivity contribution in [2.75, 3.05) is 13.1 Å². The molecule has 1 N–H and O–H groups in total. The lowest BCUT2D eigenvalue weighted by Gasteiger charge is -2.37. The van der Waals surface area contributed by atoms with E-state index >= 15 is 0 Å². The molecule has 2 rings (SSSR count). The fraction of sp³-hybridized carbons (Fsp3) is 1.00. The van der Waals surface area contributed by atoms with Crippen LogP contribution >= 0.6 is 0 Å². The predicted octanol–water partition coefficient (Wildman–Crippen LogP) is 1.39. The van der Waals surface area contributed by atoms with Gasteiger partial charge in [-0.1, -0.05) is 6.92 Å². The van der Waals surface area contributed by atoms with Crippen LogP contribution < -0.4 is 0 Å². The van der Waals surface area contributed by atoms with E-state index in [1.165, 1.54) is 12.8 Å². The molecule has 2 fully saturated rings. The molecule has 0 unspecified atom stereocenters. The van der Waals surface area contributed by atoms with Gasteiger partial charge in [0.2, 0.25) is 0 Å². The maximum absolute atomic E-state index is 9.97. The van der Waals surface area contributed by atoms with Crippen molar-refractivity contribution >= 4 is 0 Å². The highest BCUT2D eigenvalue weighted by atomic mass is 16.3. The quantitative estimate of drug-likeness (QED) is 0.675. The Morgan fingerprint density at radius 1 is 1.33 bits per heavy atom. The van der Waals surface area contributed by atoms with Gasteiger partial charge in [0.25, 0.3) is 0 Å². The van der Waals surface area contributed by atoms with Gasteiger partial charge in [-0.15, -0.1) is 0 Å². The van der Waals surface area contributed by atoms with E-state index in [2.05, 4.69) is 11.8 Å². The van der Waals surface area contributed by atoms with Crippen molar-refractivity contribution in [3.8, 4) is 0 Å². The molecule has 0 aromatic carbocycles. The molecule has 0 aromatic rings. The Morgan fingerprint density at radius 3 is 2.33 bits per heavy atom. The smallest absolute Gasteiger partial charge is 0.0669 e. The second-order valence-electron chi connectivity index (χ2n) is 4.35. The summed E-state index contributed by atoms with van der Waals surface area (Å²) >= 11 is 0. The van der Waals surface area contributed by atoms with E-state index in [-0.39, 0.29) is 5.60 Å². The van der Waals surface area contributed by atoms with Crippen LogP contribution in [0.25, 0.3) is 0 Å². The van der Waals surface area contributed by atoms with Crippen molar-refractivity contribution in [3.63, 3.8) is 0 Å². The van der Waals surface area contributed by atoms with E-state index in [1.807, 2.05) is 0 Å². The molecule has 2 aliphatic rings. The van der Waals surface area contributed by atoms with E-state index in [4.69, 9.17) is 0 Å². The maximum atomic E-state index is 9.97. The minimum atomic E-state index is -0.328. The Morgan fingerprint density at radius 2 is 1.92 bits per heavy atom. The van der Waals surface area contributed by atoms with Crippen LogP contribution in [0.1, 0.15) is 39.0 Å². The number of aliphatic hydroxyl groups is 1. The molecule has 0 radical (unpaired) electrons. The highest BCUT2D eigenvalue weighted by Gasteiger charge is 2.36. The topological polar surface area (TPSA) is 23.5 Å². The molecule has 1 heterocycles. The SMILES string of the molecule is CCC1(O)CCN(C2CC2)CC1. The average Bonchev–Trinajstić information content (AvgIpc) is 2.89. The second-order valence-corrected chi connectivity index (χ2v) is 4.35. The number of hydrogen-bond donors (Lipinski definition) is 1. The van der Waals surface area contributed by atoms with E-state index in [0.717, 1.165) is 38.4 Å². The summed E-state index contributed by atoms with van der Waals surface area (Å²) in [5.74, 6) is 0. The molecule has 0 amide bonds. The monoisotopic (exact) mass is 169 g/mol. The third-order valence-corrected chi connectivity index (χ3v) is 3.45. The molecule has 1 saturated heterocycles. The third-order valence-electron chi connectivity index (χ3n) is 3.45. The molecule has 1 aliphatic heterocycles. The van der Waals surface area contributed by atoms with Crippen molar-refractivity contribution in [3.05, 3.63) is 0 Å². The molecular formula is C10H19NO. The summed E-state index contributed by atoms with van der Waals surface area (Å²) in [4.78, 5) is 2.55. The van der Waals surface area contributed by atoms with Crippen LogP contribution in [0.2, 0.25) is 0 Å². The zero-order valence-corrected chi connectivity index (χ0v) is 7.92. The van der Waals surface area contributed by atoms with E-state index in [9.17, 15) is 5.11 Å². The second kappa shape index (κ2) is 3.00. The molecule has 12 heavy (non-hydrogen) atoms. The van der Waals surface area contributed by atoms with Crippen molar-refractivity contribution in [1.82, 2.24) is 4.90 Å². The normalized spacial score (nSPS) is 30.5. The van der Waals surface area contributed by atoms with Gasteiger partial charge in [-0.2, -0.15) is 0 Å². The fourth-order valence-corrected chi connectivity index (χ4v) is 2.10. The van der Waals surface area contributed by atoms with Gasteiger partial charge in [0.05, 0.1) is 5.60 Å². The van der Waals surface area contributed by atoms with Crippen LogP contribution in [-0.4, -0.2) is 34.7 Å². The van der Waals surface area contributed by atoms with Crippen molar-refractivity contribution in [2.24, 2.45) is 0 Å². The van der Waals surface area contributed by atoms with Crippen LogP contribution in [-0.2, 0) is 0 Å². The summed E-state index contributed by atoms with van der Waals surface area (Å²) in [7, 11) is 0. The molecule has 0 bridgehead atoms. The zero-order chi connectivity index (χ0) is 8.60. The first kappa shape index (κ1) is 8.52. The molecule has 2 nitrogen and oxygen atoms in total. The Kier molecular flexibility index (Phi) is 2.13. The summed E-state index contributed by atoms with van der Waals surface area (Å²) in [5.41, 5.74) is -0.328. The van der Waals surface area contributed by atoms with Gasteiger partial charge in [0.1, 0.15) is 0 Å². The first-order chi connectivity index (χ1) is 5.73. The van der Waals surface area contributed by atoms with Gasteiger partial charge in [0.15, 0.2) is 0 Å². The summed E-state index contributed by atoms with van der Waals surface area (Å²) in [6.07, 6.45) is 5.68. The van der Waals surface area contributed by atoms with Crippen molar-refractivity contribution < 1.29 is 5.11 Å². The van der Waals surface area contributed by atoms with Crippen molar-refractivity contribution in [2.45, 2.75) is 50.7 Å². The van der Waals surface area contributed by atoms with Crippen LogP contribution in [0.3, 0.4) is 0 Å². The van der Waals surface area contributed by atoms with Gasteiger partial charge < -0.3 is 10.0 Å². The fourth-order valence-electron chi connectivity index (χ4n) is 2.10. The Bertz CT molecular complexity index is 157. The summed E-state index contributed by atoms with van der Waals surface area (Å²) < 4.78 is 0. The number of nitrogens with zero attached hydrogens (tertiary/aromatic N) is 1. The summed E-state index contributed by atoms with van der Waals surface area (Å²) in [6, 6.07) is 0.881. The number of piperidine rings is 1. The Labute approximate surface area is 74.6 Å². The van der Waals surface area contributed by atoms with Gasteiger partial charge in [-0.3, -0.25) is 0 Å². The molecule has 0 atom stereocenters. The molecule has 1 saturated carbocycles. The number of likely N-dealkylation sites (tertiary alicyclic amines) is 1. The molecule has 1 aliphatic carbocycles. The van der Waals surface area contributed by atoms with Crippen LogP contribution in [0.4, 0.5) is 0 Å². The molecule has 70 valence electrons. The number of hydrogen-bond acceptors (Lipinski definition) is 2. The summed E-state index contributed by atoms with van der Waals surface area (Å²) in [6.45, 7) is 4.33. The standard InChI is InChI=1S/C10H19NO/c1-2-10(12)5-7-11(8-6-10)9-3-4-9/h9,12H,2-8H2,1H3. The first-order valence-electron chi connectivity index (χ1n) is 5.20. The lowest BCUT2D eigenvalue weighted by molar-refractivity contribution is -0.0256. The minimum Gasteiger partial charge on any atom is -0.390 e. The highest BCUT2D eigenvalue weighted by molar-refractivity contribution is 4.91. The Balaban J connectivity index is 1.83. The summed E-state index contributed by atoms with van der Waals surface area (Å²) in [5, 5.41) is 9.97. The maximum Gasteiger partial charge on any atom is 0.0669 e. The van der Waals surface area contributed by atoms with Gasteiger partial charge in [-0.25, -0.2) is 0 Å². The van der Waals surface area contributed by atoms with Gasteiger partial charge in [-0.05, 0) is 32.1 Å². The average molecular weight is 169 g/mol. The lowest BCUT2D eigenvalue weighted by Crippen LogP contribution is -2.44. The highest BCUT2D eigenvalue weighted by Crippen LogP contribution is 2.33. The van der Waals surface area contributed by atoms with Gasteiger partial charge >= 0.3 is 0 Å². The van der Waals surface area contributed by atoms with E-state index in [1.54, 1.807) is 0 Å². The van der Waals surface area contributed by atoms with Crippen LogP contribution in [0.15, 0.2) is 0 Å². The van der Waals surface area contributed by atoms with Crippen LogP contribution in [0.5, 0.6) is 0 Å². The van der Waals surface area contributed by atoms with E-state index < -0.39 is 0 Å². The molecule has 2 heteroatoms. The van der Waals surface area contributed by atoms with E-state index in [0.29, 0.717) is 0 Å². The molecule has 0 spiro atoms. The molecule has 0 aromatic heterocycles. The first-order valence-corrected chi connectivity index (χ1v) is 5.20. The zero-order valence-electron chi connectivity index (χ0n) is 7.92. The lowest BCUT2D eigenvalue weighted by atomic mass is 9.89. The largest absolute Gasteiger partial charge is 0.390 e. The Hall–Kier alpha value is -0.0800. The van der Waals surface area contributed by atoms with Crippen LogP contribution in [0, 0.1) is 0 Å².